The SMILES string of the molecule is CCO[Si]([As])(OCC)OCC. The van der Waals surface area contributed by atoms with Crippen molar-refractivity contribution in [3.8, 4) is 0 Å². The van der Waals surface area contributed by atoms with Crippen LogP contribution in [0.1, 0.15) is 20.8 Å². The maximum atomic E-state index is 5.38. The standard InChI is InChI=1S/C6H15AsO3Si/c1-4-8-11(7,9-5-2)10-6-3/h4-6H2,1-3H3. The van der Waals surface area contributed by atoms with Gasteiger partial charge in [-0.3, -0.25) is 0 Å². The molecule has 0 aromatic rings. The van der Waals surface area contributed by atoms with Crippen LogP contribution < -0.4 is 0 Å². The molecular formula is C6H15AsO3Si. The fourth-order valence-corrected chi connectivity index (χ4v) is 4.45. The van der Waals surface area contributed by atoms with Crippen LogP contribution in [-0.4, -0.2) is 43.3 Å². The zero-order valence-corrected chi connectivity index (χ0v) is 10.2. The van der Waals surface area contributed by atoms with E-state index >= 15 is 0 Å². The first-order valence-corrected chi connectivity index (χ1v) is 8.31. The van der Waals surface area contributed by atoms with Crippen molar-refractivity contribution in [1.82, 2.24) is 0 Å². The van der Waals surface area contributed by atoms with Crippen LogP contribution in [0.25, 0.3) is 0 Å². The van der Waals surface area contributed by atoms with Crippen LogP contribution in [0.15, 0.2) is 0 Å². The third kappa shape index (κ3) is 4.98. The van der Waals surface area contributed by atoms with Crippen LogP contribution in [0.4, 0.5) is 0 Å². The van der Waals surface area contributed by atoms with E-state index in [2.05, 4.69) is 16.2 Å². The molecule has 0 aliphatic rings. The van der Waals surface area contributed by atoms with Gasteiger partial charge in [0.15, 0.2) is 0 Å². The van der Waals surface area contributed by atoms with Crippen LogP contribution in [0, 0.1) is 0 Å². The number of rotatable bonds is 6. The first kappa shape index (κ1) is 11.7. The first-order valence-electron chi connectivity index (χ1n) is 3.82. The van der Waals surface area contributed by atoms with Gasteiger partial charge in [-0.05, 0) is 0 Å². The molecular weight excluding hydrogens is 223 g/mol. The van der Waals surface area contributed by atoms with Crippen molar-refractivity contribution >= 4 is 23.5 Å². The Balaban J connectivity index is 3.79. The van der Waals surface area contributed by atoms with E-state index in [4.69, 9.17) is 13.3 Å². The Morgan fingerprint density at radius 3 is 1.36 bits per heavy atom. The van der Waals surface area contributed by atoms with Crippen molar-refractivity contribution in [2.45, 2.75) is 20.8 Å². The predicted molar refractivity (Wildman–Crippen MR) is 46.4 cm³/mol. The molecule has 0 atom stereocenters. The normalized spacial score (nSPS) is 12.0. The predicted octanol–water partition coefficient (Wildman–Crippen LogP) is 0.700. The van der Waals surface area contributed by atoms with Gasteiger partial charge in [-0.1, -0.05) is 0 Å². The number of hydrogen-bond donors (Lipinski definition) is 0. The summed E-state index contributed by atoms with van der Waals surface area (Å²) in [7, 11) is -2.31. The molecule has 0 aliphatic carbocycles. The number of hydrogen-bond acceptors (Lipinski definition) is 3. The van der Waals surface area contributed by atoms with E-state index in [1.165, 1.54) is 0 Å². The molecule has 0 bridgehead atoms. The Hall–Kier alpha value is 0.655. The zero-order chi connectivity index (χ0) is 8.74. The molecule has 0 spiro atoms. The van der Waals surface area contributed by atoms with E-state index in [-0.39, 0.29) is 0 Å². The quantitative estimate of drug-likeness (QED) is 0.637. The van der Waals surface area contributed by atoms with Gasteiger partial charge in [0.05, 0.1) is 0 Å². The van der Waals surface area contributed by atoms with Gasteiger partial charge in [0.2, 0.25) is 0 Å². The Morgan fingerprint density at radius 1 is 0.909 bits per heavy atom. The van der Waals surface area contributed by atoms with Crippen LogP contribution in [0.5, 0.6) is 0 Å². The van der Waals surface area contributed by atoms with E-state index in [1.54, 1.807) is 0 Å². The van der Waals surface area contributed by atoms with Gasteiger partial charge in [0.25, 0.3) is 0 Å². The van der Waals surface area contributed by atoms with Gasteiger partial charge in [-0.2, -0.15) is 0 Å². The summed E-state index contributed by atoms with van der Waals surface area (Å²) in [6.07, 6.45) is 0. The molecule has 0 saturated heterocycles. The average molecular weight is 238 g/mol. The van der Waals surface area contributed by atoms with Crippen molar-refractivity contribution in [2.24, 2.45) is 0 Å². The summed E-state index contributed by atoms with van der Waals surface area (Å²) in [5.74, 6) is 0. The summed E-state index contributed by atoms with van der Waals surface area (Å²) in [6, 6.07) is 0. The van der Waals surface area contributed by atoms with Crippen molar-refractivity contribution in [3.63, 3.8) is 0 Å². The molecule has 0 unspecified atom stereocenters. The molecule has 2 radical (unpaired) electrons. The summed E-state index contributed by atoms with van der Waals surface area (Å²) in [4.78, 5) is 0. The summed E-state index contributed by atoms with van der Waals surface area (Å²) >= 11 is 2.39. The van der Waals surface area contributed by atoms with Gasteiger partial charge < -0.3 is 0 Å². The fourth-order valence-electron chi connectivity index (χ4n) is 0.672. The molecule has 0 aliphatic heterocycles. The van der Waals surface area contributed by atoms with Gasteiger partial charge in [0, 0.05) is 0 Å². The average Bonchev–Trinajstić information content (AvgIpc) is 1.88. The van der Waals surface area contributed by atoms with Crippen LogP contribution >= 0.6 is 0 Å². The molecule has 0 aromatic carbocycles. The van der Waals surface area contributed by atoms with Crippen LogP contribution in [0.2, 0.25) is 0 Å². The Morgan fingerprint density at radius 2 is 1.18 bits per heavy atom. The van der Waals surface area contributed by atoms with Crippen LogP contribution in [-0.2, 0) is 13.3 Å². The molecule has 66 valence electrons. The second-order valence-corrected chi connectivity index (χ2v) is 7.18. The van der Waals surface area contributed by atoms with Gasteiger partial charge >= 0.3 is 77.3 Å². The molecule has 3 nitrogen and oxygen atoms in total. The molecule has 0 N–H and O–H groups in total. The molecule has 0 saturated carbocycles. The third-order valence-corrected chi connectivity index (χ3v) is 5.38. The summed E-state index contributed by atoms with van der Waals surface area (Å²) < 4.78 is 16.1. The van der Waals surface area contributed by atoms with E-state index in [0.29, 0.717) is 19.8 Å². The monoisotopic (exact) mass is 238 g/mol. The second kappa shape index (κ2) is 6.20. The topological polar surface area (TPSA) is 27.7 Å². The van der Waals surface area contributed by atoms with Crippen molar-refractivity contribution in [1.29, 1.82) is 0 Å². The third-order valence-electron chi connectivity index (χ3n) is 0.980. The minimum absolute atomic E-state index is 0.640. The Bertz CT molecular complexity index is 84.8. The van der Waals surface area contributed by atoms with E-state index in [9.17, 15) is 0 Å². The fraction of sp³-hybridized carbons (Fsp3) is 1.00. The van der Waals surface area contributed by atoms with Gasteiger partial charge in [-0.25, -0.2) is 0 Å². The molecule has 0 fully saturated rings. The molecule has 0 heterocycles. The minimum atomic E-state index is -2.31. The summed E-state index contributed by atoms with van der Waals surface area (Å²) in [6.45, 7) is 7.73. The van der Waals surface area contributed by atoms with Crippen LogP contribution in [0.3, 0.4) is 0 Å². The molecule has 0 amide bonds. The van der Waals surface area contributed by atoms with Crippen molar-refractivity contribution < 1.29 is 13.3 Å². The van der Waals surface area contributed by atoms with Gasteiger partial charge in [-0.15, -0.1) is 0 Å². The molecule has 0 aromatic heterocycles. The Kier molecular flexibility index (Phi) is 6.57. The van der Waals surface area contributed by atoms with E-state index in [0.717, 1.165) is 0 Å². The summed E-state index contributed by atoms with van der Waals surface area (Å²) in [5, 5.41) is 0. The maximum absolute atomic E-state index is 5.38. The first-order chi connectivity index (χ1) is 5.18. The molecule has 5 heteroatoms. The van der Waals surface area contributed by atoms with Gasteiger partial charge in [0.1, 0.15) is 0 Å². The van der Waals surface area contributed by atoms with Crippen molar-refractivity contribution in [2.75, 3.05) is 19.8 Å². The Labute approximate surface area is 77.7 Å². The molecule has 0 rings (SSSR count). The molecule has 11 heavy (non-hydrogen) atoms. The van der Waals surface area contributed by atoms with E-state index in [1.807, 2.05) is 20.8 Å². The van der Waals surface area contributed by atoms with E-state index < -0.39 is 7.27 Å². The van der Waals surface area contributed by atoms with Crippen molar-refractivity contribution in [3.05, 3.63) is 0 Å². The second-order valence-electron chi connectivity index (χ2n) is 1.82. The summed E-state index contributed by atoms with van der Waals surface area (Å²) in [5.41, 5.74) is 0. The zero-order valence-electron chi connectivity index (χ0n) is 7.29.